The molecular formula is C11H16N4. The molecule has 4 heteroatoms. The maximum Gasteiger partial charge on any atom is 0.222 e. The highest BCUT2D eigenvalue weighted by Crippen LogP contribution is 2.62. The Labute approximate surface area is 89.1 Å². The molecule has 1 aromatic rings. The second-order valence-corrected chi connectivity index (χ2v) is 5.34. The van der Waals surface area contributed by atoms with Crippen molar-refractivity contribution >= 4 is 11.8 Å². The van der Waals surface area contributed by atoms with Crippen LogP contribution in [-0.4, -0.2) is 9.97 Å². The summed E-state index contributed by atoms with van der Waals surface area (Å²) in [7, 11) is 0. The van der Waals surface area contributed by atoms with Gasteiger partial charge in [-0.2, -0.15) is 4.98 Å². The minimum absolute atomic E-state index is 0.312. The molecule has 0 spiro atoms. The van der Waals surface area contributed by atoms with Gasteiger partial charge in [-0.25, -0.2) is 4.98 Å². The molecule has 0 saturated heterocycles. The average molecular weight is 204 g/mol. The summed E-state index contributed by atoms with van der Waals surface area (Å²) >= 11 is 0. The summed E-state index contributed by atoms with van der Waals surface area (Å²) < 4.78 is 0. The molecule has 1 aromatic heterocycles. The lowest BCUT2D eigenvalue weighted by Crippen LogP contribution is -2.48. The van der Waals surface area contributed by atoms with Crippen LogP contribution in [0, 0.1) is 11.3 Å². The van der Waals surface area contributed by atoms with E-state index in [9.17, 15) is 0 Å². The van der Waals surface area contributed by atoms with Crippen molar-refractivity contribution in [2.45, 2.75) is 32.6 Å². The minimum atomic E-state index is 0.312. The molecule has 0 amide bonds. The van der Waals surface area contributed by atoms with Gasteiger partial charge in [-0.1, -0.05) is 13.8 Å². The number of hydrogen-bond acceptors (Lipinski definition) is 4. The van der Waals surface area contributed by atoms with Gasteiger partial charge in [-0.05, 0) is 24.2 Å². The van der Waals surface area contributed by atoms with E-state index in [2.05, 4.69) is 23.8 Å². The van der Waals surface area contributed by atoms with Gasteiger partial charge in [0.15, 0.2) is 0 Å². The van der Waals surface area contributed by atoms with Crippen LogP contribution in [0.5, 0.6) is 0 Å². The third kappa shape index (κ3) is 0.967. The Morgan fingerprint density at radius 3 is 2.67 bits per heavy atom. The van der Waals surface area contributed by atoms with E-state index in [4.69, 9.17) is 11.5 Å². The van der Waals surface area contributed by atoms with E-state index < -0.39 is 0 Å². The maximum atomic E-state index is 5.88. The van der Waals surface area contributed by atoms with Gasteiger partial charge >= 0.3 is 0 Å². The monoisotopic (exact) mass is 204 g/mol. The van der Waals surface area contributed by atoms with E-state index in [1.54, 1.807) is 0 Å². The van der Waals surface area contributed by atoms with Crippen molar-refractivity contribution in [3.8, 4) is 0 Å². The predicted octanol–water partition coefficient (Wildman–Crippen LogP) is 1.33. The molecule has 0 aliphatic heterocycles. The molecule has 0 radical (unpaired) electrons. The van der Waals surface area contributed by atoms with Gasteiger partial charge in [0.2, 0.25) is 5.95 Å². The van der Waals surface area contributed by atoms with Crippen molar-refractivity contribution in [2.75, 3.05) is 11.5 Å². The van der Waals surface area contributed by atoms with Crippen molar-refractivity contribution in [3.05, 3.63) is 11.3 Å². The molecule has 1 heterocycles. The van der Waals surface area contributed by atoms with Crippen LogP contribution in [0.1, 0.15) is 37.4 Å². The van der Waals surface area contributed by atoms with E-state index in [1.165, 1.54) is 6.42 Å². The van der Waals surface area contributed by atoms with Crippen LogP contribution in [0.2, 0.25) is 0 Å². The third-order valence-corrected chi connectivity index (χ3v) is 4.34. The van der Waals surface area contributed by atoms with E-state index in [1.807, 2.05) is 0 Å². The number of hydrogen-bond donors (Lipinski definition) is 2. The minimum Gasteiger partial charge on any atom is -0.383 e. The highest BCUT2D eigenvalue weighted by molar-refractivity contribution is 5.51. The summed E-state index contributed by atoms with van der Waals surface area (Å²) in [5.74, 6) is 2.17. The second-order valence-electron chi connectivity index (χ2n) is 5.34. The fourth-order valence-electron chi connectivity index (χ4n) is 3.11. The Morgan fingerprint density at radius 1 is 1.27 bits per heavy atom. The molecule has 4 N–H and O–H groups in total. The Balaban J connectivity index is 2.18. The molecule has 1 saturated carbocycles. The van der Waals surface area contributed by atoms with E-state index in [-0.39, 0.29) is 0 Å². The zero-order valence-electron chi connectivity index (χ0n) is 9.12. The van der Waals surface area contributed by atoms with Gasteiger partial charge in [-0.15, -0.1) is 0 Å². The highest BCUT2D eigenvalue weighted by atomic mass is 15.0. The number of anilines is 2. The summed E-state index contributed by atoms with van der Waals surface area (Å²) in [5.41, 5.74) is 14.1. The Morgan fingerprint density at radius 2 is 2.00 bits per heavy atom. The van der Waals surface area contributed by atoms with Crippen LogP contribution in [0.15, 0.2) is 0 Å². The lowest BCUT2D eigenvalue weighted by atomic mass is 9.48. The number of nitrogen functional groups attached to an aromatic ring is 2. The van der Waals surface area contributed by atoms with Crippen LogP contribution in [-0.2, 0) is 6.42 Å². The molecule has 2 atom stereocenters. The first-order valence-electron chi connectivity index (χ1n) is 5.42. The first-order chi connectivity index (χ1) is 7.00. The Hall–Kier alpha value is -1.32. The van der Waals surface area contributed by atoms with Gasteiger partial charge < -0.3 is 11.5 Å². The number of nitrogens with zero attached hydrogens (tertiary/aromatic N) is 2. The molecule has 80 valence electrons. The predicted molar refractivity (Wildman–Crippen MR) is 59.2 cm³/mol. The Kier molecular flexibility index (Phi) is 1.45. The Bertz CT molecular complexity index is 438. The van der Waals surface area contributed by atoms with Crippen molar-refractivity contribution in [1.82, 2.24) is 9.97 Å². The van der Waals surface area contributed by atoms with Gasteiger partial charge in [0, 0.05) is 11.5 Å². The molecule has 15 heavy (non-hydrogen) atoms. The quantitative estimate of drug-likeness (QED) is 0.668. The molecule has 3 aliphatic rings. The summed E-state index contributed by atoms with van der Waals surface area (Å²) in [4.78, 5) is 8.41. The zero-order valence-corrected chi connectivity index (χ0v) is 9.12. The molecule has 4 rings (SSSR count). The lowest BCUT2D eigenvalue weighted by molar-refractivity contribution is 0.0157. The van der Waals surface area contributed by atoms with Crippen LogP contribution in [0.4, 0.5) is 11.8 Å². The number of rotatable bonds is 0. The standard InChI is InChI=1S/C11H16N4/c1-11(2)5-3-6-8(7(11)4-5)14-10(13)15-9(6)12/h5,7H,3-4H2,1-2H3,(H4,12,13,14,15)/t5-,7-/m0/s1. The smallest absolute Gasteiger partial charge is 0.222 e. The van der Waals surface area contributed by atoms with E-state index in [0.717, 1.165) is 23.6 Å². The van der Waals surface area contributed by atoms with Crippen LogP contribution in [0.25, 0.3) is 0 Å². The van der Waals surface area contributed by atoms with Crippen LogP contribution in [0.3, 0.4) is 0 Å². The van der Waals surface area contributed by atoms with Gasteiger partial charge in [0.05, 0.1) is 5.69 Å². The molecule has 1 fully saturated rings. The second kappa shape index (κ2) is 2.43. The van der Waals surface area contributed by atoms with Gasteiger partial charge in [-0.3, -0.25) is 0 Å². The summed E-state index contributed by atoms with van der Waals surface area (Å²) in [6.45, 7) is 4.62. The molecular weight excluding hydrogens is 188 g/mol. The summed E-state index contributed by atoms with van der Waals surface area (Å²) in [6.07, 6.45) is 2.25. The zero-order chi connectivity index (χ0) is 10.8. The first kappa shape index (κ1) is 8.95. The lowest BCUT2D eigenvalue weighted by Gasteiger charge is -2.56. The maximum absolute atomic E-state index is 5.88. The highest BCUT2D eigenvalue weighted by Gasteiger charge is 2.53. The van der Waals surface area contributed by atoms with Crippen molar-refractivity contribution in [3.63, 3.8) is 0 Å². The van der Waals surface area contributed by atoms with Gasteiger partial charge in [0.25, 0.3) is 0 Å². The first-order valence-corrected chi connectivity index (χ1v) is 5.42. The summed E-state index contributed by atoms with van der Waals surface area (Å²) in [6, 6.07) is 0. The number of aromatic nitrogens is 2. The van der Waals surface area contributed by atoms with Crippen molar-refractivity contribution < 1.29 is 0 Å². The van der Waals surface area contributed by atoms with Crippen molar-refractivity contribution in [2.24, 2.45) is 11.3 Å². The normalized spacial score (nSPS) is 30.5. The average Bonchev–Trinajstić information content (AvgIpc) is 2.15. The topological polar surface area (TPSA) is 77.8 Å². The van der Waals surface area contributed by atoms with E-state index in [0.29, 0.717) is 23.1 Å². The molecule has 3 aliphatic carbocycles. The molecule has 4 nitrogen and oxygen atoms in total. The SMILES string of the molecule is CC1(C)[C@H]2Cc3c(N)nc(N)nc3[C@@H]1C2. The molecule has 0 aromatic carbocycles. The van der Waals surface area contributed by atoms with Crippen LogP contribution < -0.4 is 11.5 Å². The fraction of sp³-hybridized carbons (Fsp3) is 0.636. The largest absolute Gasteiger partial charge is 0.383 e. The van der Waals surface area contributed by atoms with Crippen molar-refractivity contribution in [1.29, 1.82) is 0 Å². The van der Waals surface area contributed by atoms with Crippen LogP contribution >= 0.6 is 0 Å². The number of nitrogens with two attached hydrogens (primary N) is 2. The third-order valence-electron chi connectivity index (χ3n) is 4.34. The van der Waals surface area contributed by atoms with Gasteiger partial charge in [0.1, 0.15) is 5.82 Å². The summed E-state index contributed by atoms with van der Waals surface area (Å²) in [5, 5.41) is 0. The molecule has 2 bridgehead atoms. The fourth-order valence-corrected chi connectivity index (χ4v) is 3.11. The van der Waals surface area contributed by atoms with E-state index >= 15 is 0 Å². The molecule has 0 unspecified atom stereocenters.